The van der Waals surface area contributed by atoms with Gasteiger partial charge in [-0.2, -0.15) is 0 Å². The second kappa shape index (κ2) is 3.38. The Labute approximate surface area is 85.5 Å². The number of halogens is 1. The zero-order valence-corrected chi connectivity index (χ0v) is 8.84. The molecule has 2 heteroatoms. The number of hydrogen-bond acceptors (Lipinski definition) is 1. The minimum Gasteiger partial charge on any atom is -0.496 e. The van der Waals surface area contributed by atoms with Crippen LogP contribution in [0.5, 0.6) is 5.75 Å². The van der Waals surface area contributed by atoms with Crippen LogP contribution in [0.25, 0.3) is 10.8 Å². The molecule has 0 amide bonds. The van der Waals surface area contributed by atoms with Crippen LogP contribution in [0.4, 0.5) is 0 Å². The molecule has 0 aliphatic heterocycles. The lowest BCUT2D eigenvalue weighted by Gasteiger charge is -2.04. The van der Waals surface area contributed by atoms with E-state index in [1.54, 1.807) is 7.11 Å². The Morgan fingerprint density at radius 2 is 2.00 bits per heavy atom. The van der Waals surface area contributed by atoms with Gasteiger partial charge in [0.15, 0.2) is 0 Å². The smallest absolute Gasteiger partial charge is 0.126 e. The molecule has 0 aliphatic carbocycles. The van der Waals surface area contributed by atoms with Crippen LogP contribution in [0.3, 0.4) is 0 Å². The normalized spacial score (nSPS) is 10.3. The molecule has 0 N–H and O–H groups in total. The lowest BCUT2D eigenvalue weighted by atomic mass is 10.1. The SMILES string of the molecule is COc1cccc2ccc(Br)cc12. The van der Waals surface area contributed by atoms with Gasteiger partial charge in [-0.25, -0.2) is 0 Å². The van der Waals surface area contributed by atoms with E-state index in [4.69, 9.17) is 4.74 Å². The first-order valence-electron chi connectivity index (χ1n) is 4.03. The third kappa shape index (κ3) is 1.54. The number of benzene rings is 2. The third-order valence-electron chi connectivity index (χ3n) is 2.02. The van der Waals surface area contributed by atoms with Gasteiger partial charge in [-0.15, -0.1) is 0 Å². The monoisotopic (exact) mass is 236 g/mol. The van der Waals surface area contributed by atoms with Crippen LogP contribution in [-0.4, -0.2) is 7.11 Å². The minimum atomic E-state index is 0.916. The molecule has 0 saturated carbocycles. The van der Waals surface area contributed by atoms with Gasteiger partial charge < -0.3 is 4.74 Å². The van der Waals surface area contributed by atoms with E-state index >= 15 is 0 Å². The van der Waals surface area contributed by atoms with Crippen LogP contribution in [0, 0.1) is 0 Å². The molecule has 0 fully saturated rings. The van der Waals surface area contributed by atoms with Gasteiger partial charge in [0.25, 0.3) is 0 Å². The predicted molar refractivity (Wildman–Crippen MR) is 58.2 cm³/mol. The van der Waals surface area contributed by atoms with Gasteiger partial charge in [-0.1, -0.05) is 34.1 Å². The number of hydrogen-bond donors (Lipinski definition) is 0. The van der Waals surface area contributed by atoms with E-state index in [2.05, 4.69) is 34.1 Å². The van der Waals surface area contributed by atoms with Crippen molar-refractivity contribution in [3.63, 3.8) is 0 Å². The summed E-state index contributed by atoms with van der Waals surface area (Å²) in [5.74, 6) is 0.916. The molecule has 2 aromatic carbocycles. The van der Waals surface area contributed by atoms with Crippen LogP contribution >= 0.6 is 15.9 Å². The summed E-state index contributed by atoms with van der Waals surface area (Å²) < 4.78 is 6.34. The molecule has 0 unspecified atom stereocenters. The molecule has 0 aliphatic rings. The van der Waals surface area contributed by atoms with Crippen LogP contribution in [0.2, 0.25) is 0 Å². The predicted octanol–water partition coefficient (Wildman–Crippen LogP) is 3.61. The summed E-state index contributed by atoms with van der Waals surface area (Å²) in [4.78, 5) is 0. The van der Waals surface area contributed by atoms with Gasteiger partial charge in [-0.3, -0.25) is 0 Å². The largest absolute Gasteiger partial charge is 0.496 e. The molecule has 0 radical (unpaired) electrons. The molecule has 2 aromatic rings. The summed E-state index contributed by atoms with van der Waals surface area (Å²) in [6, 6.07) is 12.2. The quantitative estimate of drug-likeness (QED) is 0.736. The van der Waals surface area contributed by atoms with Crippen LogP contribution in [0.1, 0.15) is 0 Å². The summed E-state index contributed by atoms with van der Waals surface area (Å²) in [7, 11) is 1.69. The van der Waals surface area contributed by atoms with Crippen molar-refractivity contribution >= 4 is 26.7 Å². The van der Waals surface area contributed by atoms with Crippen molar-refractivity contribution in [2.24, 2.45) is 0 Å². The molecule has 0 aromatic heterocycles. The van der Waals surface area contributed by atoms with E-state index in [9.17, 15) is 0 Å². The maximum absolute atomic E-state index is 5.26. The van der Waals surface area contributed by atoms with Gasteiger partial charge in [0.2, 0.25) is 0 Å². The molecule has 0 atom stereocenters. The summed E-state index contributed by atoms with van der Waals surface area (Å²) in [6.07, 6.45) is 0. The Bertz CT molecular complexity index is 437. The maximum Gasteiger partial charge on any atom is 0.126 e. The highest BCUT2D eigenvalue weighted by molar-refractivity contribution is 9.10. The van der Waals surface area contributed by atoms with Gasteiger partial charge in [0.1, 0.15) is 5.75 Å². The standard InChI is InChI=1S/C11H9BrO/c1-13-11-4-2-3-8-5-6-9(12)7-10(8)11/h2-7H,1H3. The first-order chi connectivity index (χ1) is 6.31. The van der Waals surface area contributed by atoms with Crippen molar-refractivity contribution in [1.82, 2.24) is 0 Å². The molecule has 0 heterocycles. The van der Waals surface area contributed by atoms with Crippen molar-refractivity contribution in [2.75, 3.05) is 7.11 Å². The van der Waals surface area contributed by atoms with Crippen molar-refractivity contribution in [3.05, 3.63) is 40.9 Å². The van der Waals surface area contributed by atoms with E-state index in [1.807, 2.05) is 18.2 Å². The van der Waals surface area contributed by atoms with Gasteiger partial charge >= 0.3 is 0 Å². The lowest BCUT2D eigenvalue weighted by Crippen LogP contribution is -1.83. The van der Waals surface area contributed by atoms with Crippen LogP contribution < -0.4 is 4.74 Å². The van der Waals surface area contributed by atoms with E-state index < -0.39 is 0 Å². The molecule has 2 rings (SSSR count). The highest BCUT2D eigenvalue weighted by Gasteiger charge is 1.99. The first kappa shape index (κ1) is 8.57. The highest BCUT2D eigenvalue weighted by atomic mass is 79.9. The zero-order valence-electron chi connectivity index (χ0n) is 7.25. The second-order valence-electron chi connectivity index (χ2n) is 2.83. The Kier molecular flexibility index (Phi) is 2.23. The molecular formula is C11H9BrO. The van der Waals surface area contributed by atoms with Gasteiger partial charge in [0.05, 0.1) is 7.11 Å². The molecule has 0 saturated heterocycles. The average molecular weight is 237 g/mol. The number of rotatable bonds is 1. The minimum absolute atomic E-state index is 0.916. The van der Waals surface area contributed by atoms with Crippen LogP contribution in [0.15, 0.2) is 40.9 Å². The second-order valence-corrected chi connectivity index (χ2v) is 3.74. The Morgan fingerprint density at radius 3 is 2.77 bits per heavy atom. The molecular weight excluding hydrogens is 228 g/mol. The van der Waals surface area contributed by atoms with Gasteiger partial charge in [0, 0.05) is 9.86 Å². The molecule has 1 nitrogen and oxygen atoms in total. The fraction of sp³-hybridized carbons (Fsp3) is 0.0909. The summed E-state index contributed by atoms with van der Waals surface area (Å²) in [5, 5.41) is 2.34. The van der Waals surface area contributed by atoms with E-state index in [0.717, 1.165) is 15.6 Å². The van der Waals surface area contributed by atoms with E-state index in [0.29, 0.717) is 0 Å². The summed E-state index contributed by atoms with van der Waals surface area (Å²) >= 11 is 3.44. The molecule has 66 valence electrons. The molecule has 13 heavy (non-hydrogen) atoms. The topological polar surface area (TPSA) is 9.23 Å². The van der Waals surface area contributed by atoms with Crippen molar-refractivity contribution < 1.29 is 4.74 Å². The Balaban J connectivity index is 2.79. The summed E-state index contributed by atoms with van der Waals surface area (Å²) in [5.41, 5.74) is 0. The number of ether oxygens (including phenoxy) is 1. The highest BCUT2D eigenvalue weighted by Crippen LogP contribution is 2.27. The van der Waals surface area contributed by atoms with E-state index in [1.165, 1.54) is 5.39 Å². The molecule has 0 bridgehead atoms. The zero-order chi connectivity index (χ0) is 9.26. The van der Waals surface area contributed by atoms with Crippen LogP contribution in [-0.2, 0) is 0 Å². The Hall–Kier alpha value is -1.02. The third-order valence-corrected chi connectivity index (χ3v) is 2.52. The van der Waals surface area contributed by atoms with Crippen molar-refractivity contribution in [2.45, 2.75) is 0 Å². The maximum atomic E-state index is 5.26. The lowest BCUT2D eigenvalue weighted by molar-refractivity contribution is 0.420. The first-order valence-corrected chi connectivity index (χ1v) is 4.83. The molecule has 0 spiro atoms. The average Bonchev–Trinajstić information content (AvgIpc) is 2.17. The van der Waals surface area contributed by atoms with E-state index in [-0.39, 0.29) is 0 Å². The van der Waals surface area contributed by atoms with Gasteiger partial charge in [-0.05, 0) is 23.6 Å². The van der Waals surface area contributed by atoms with Crippen molar-refractivity contribution in [1.29, 1.82) is 0 Å². The summed E-state index contributed by atoms with van der Waals surface area (Å²) in [6.45, 7) is 0. The Morgan fingerprint density at radius 1 is 1.15 bits per heavy atom. The fourth-order valence-electron chi connectivity index (χ4n) is 1.39. The number of fused-ring (bicyclic) bond motifs is 1. The fourth-order valence-corrected chi connectivity index (χ4v) is 1.76. The number of methoxy groups -OCH3 is 1. The van der Waals surface area contributed by atoms with Crippen molar-refractivity contribution in [3.8, 4) is 5.75 Å².